The van der Waals surface area contributed by atoms with E-state index in [1.54, 1.807) is 0 Å². The molecule has 16 heteroatoms. The molecule has 262 valence electrons. The summed E-state index contributed by atoms with van der Waals surface area (Å²) < 4.78 is 34.9. The zero-order valence-corrected chi connectivity index (χ0v) is 31.2. The van der Waals surface area contributed by atoms with Gasteiger partial charge >= 0.3 is 40.9 Å². The van der Waals surface area contributed by atoms with E-state index in [0.29, 0.717) is 0 Å². The zero-order valence-electron chi connectivity index (χ0n) is 28.4. The number of azide groups is 1. The normalized spacial score (nSPS) is 26.0. The number of hydrogen-bond donors (Lipinski definition) is 1. The molecule has 7 unspecified atom stereocenters. The molecule has 2 aliphatic carbocycles. The number of fused-ring (bicyclic) bond motifs is 5. The maximum absolute atomic E-state index is 11.8. The molecule has 4 aromatic carbocycles. The van der Waals surface area contributed by atoms with Gasteiger partial charge in [0.15, 0.2) is 23.0 Å². The number of para-hydroxylation sites is 8. The van der Waals surface area contributed by atoms with Crippen LogP contribution in [-0.4, -0.2) is 45.8 Å². The molecule has 9 rings (SSSR count). The van der Waals surface area contributed by atoms with E-state index in [1.165, 1.54) is 4.91 Å². The van der Waals surface area contributed by atoms with E-state index in [0.717, 1.165) is 84.3 Å². The predicted octanol–water partition coefficient (Wildman–Crippen LogP) is 6.24. The second-order valence-electron chi connectivity index (χ2n) is 12.6. The van der Waals surface area contributed by atoms with Crippen molar-refractivity contribution in [2.45, 2.75) is 75.0 Å². The first-order chi connectivity index (χ1) is 25.0. The van der Waals surface area contributed by atoms with Crippen molar-refractivity contribution in [2.75, 3.05) is 9.80 Å². The smallest absolute Gasteiger partial charge is 0.453 e. The molecule has 3 fully saturated rings. The molecule has 52 heavy (non-hydrogen) atoms. The van der Waals surface area contributed by atoms with Crippen LogP contribution in [0.2, 0.25) is 0 Å². The quantitative estimate of drug-likeness (QED) is 0.111. The summed E-state index contributed by atoms with van der Waals surface area (Å²) in [5, 5.41) is 14.6. The van der Waals surface area contributed by atoms with Gasteiger partial charge < -0.3 is 35.4 Å². The molecule has 3 aliphatic heterocycles. The molecule has 3 heterocycles. The van der Waals surface area contributed by atoms with Crippen LogP contribution in [0, 0.1) is 0 Å². The number of benzene rings is 4. The van der Waals surface area contributed by atoms with Gasteiger partial charge in [-0.3, -0.25) is 13.3 Å². The number of anilines is 4. The van der Waals surface area contributed by atoms with E-state index in [2.05, 4.69) is 32.0 Å². The first-order valence-electron chi connectivity index (χ1n) is 16.8. The Morgan fingerprint density at radius 1 is 0.654 bits per heavy atom. The van der Waals surface area contributed by atoms with E-state index in [4.69, 9.17) is 34.4 Å². The third-order valence-electron chi connectivity index (χ3n) is 9.72. The fourth-order valence-electron chi connectivity index (χ4n) is 7.61. The maximum atomic E-state index is 11.8. The number of rotatable bonds is 3. The number of nitrogens with zero attached hydrogens (tertiary/aromatic N) is 8. The summed E-state index contributed by atoms with van der Waals surface area (Å²) in [7, 11) is 0. The summed E-state index contributed by atoms with van der Waals surface area (Å²) in [5.74, 6) is 3.21. The van der Waals surface area contributed by atoms with Crippen LogP contribution in [0.5, 0.6) is 23.0 Å². The number of aliphatic hydroxyl groups is 1. The molecule has 7 atom stereocenters. The van der Waals surface area contributed by atoms with Crippen LogP contribution in [0.4, 0.5) is 22.7 Å². The minimum atomic E-state index is -1.64. The van der Waals surface area contributed by atoms with Gasteiger partial charge in [-0.15, -0.1) is 0 Å². The molecule has 14 nitrogen and oxygen atoms in total. The average Bonchev–Trinajstić information content (AvgIpc) is 3.55. The Kier molecular flexibility index (Phi) is 12.3. The molecular formula is C36H35N8NaO6S. The molecule has 0 radical (unpaired) electrons. The molecule has 0 bridgehead atoms. The van der Waals surface area contributed by atoms with E-state index < -0.39 is 23.5 Å². The van der Waals surface area contributed by atoms with E-state index in [-0.39, 0.29) is 53.8 Å². The van der Waals surface area contributed by atoms with Gasteiger partial charge in [-0.1, -0.05) is 60.1 Å². The van der Waals surface area contributed by atoms with Crippen LogP contribution in [0.3, 0.4) is 0 Å². The third-order valence-corrected chi connectivity index (χ3v) is 10.5. The monoisotopic (exact) mass is 730 g/mol. The molecule has 1 saturated heterocycles. The van der Waals surface area contributed by atoms with Crippen LogP contribution in [0.25, 0.3) is 26.4 Å². The van der Waals surface area contributed by atoms with E-state index >= 15 is 0 Å². The summed E-state index contributed by atoms with van der Waals surface area (Å²) in [5.41, 5.74) is 26.2. The second-order valence-corrected chi connectivity index (χ2v) is 13.4. The largest absolute Gasteiger partial charge is 1.00 e. The minimum absolute atomic E-state index is 0. The van der Waals surface area contributed by atoms with Gasteiger partial charge in [0.05, 0.1) is 47.0 Å². The van der Waals surface area contributed by atoms with Crippen molar-refractivity contribution in [2.24, 2.45) is 5.11 Å². The minimum Gasteiger partial charge on any atom is -0.453 e. The molecular weight excluding hydrogens is 696 g/mol. The fourth-order valence-corrected chi connectivity index (χ4v) is 8.50. The second kappa shape index (κ2) is 17.0. The first-order valence-corrected chi connectivity index (χ1v) is 17.8. The van der Waals surface area contributed by atoms with Crippen LogP contribution in [0.15, 0.2) is 102 Å². The van der Waals surface area contributed by atoms with Gasteiger partial charge in [0.25, 0.3) is 0 Å². The van der Waals surface area contributed by atoms with Crippen molar-refractivity contribution in [1.29, 1.82) is 0 Å². The summed E-state index contributed by atoms with van der Waals surface area (Å²) >= 11 is -1.64. The van der Waals surface area contributed by atoms with Crippen molar-refractivity contribution in [3.8, 4) is 23.0 Å². The number of aliphatic hydroxyl groups excluding tert-OH is 1. The molecule has 0 spiro atoms. The maximum Gasteiger partial charge on any atom is 1.00 e. The summed E-state index contributed by atoms with van der Waals surface area (Å²) in [6, 6.07) is 31.2. The first kappa shape index (κ1) is 37.5. The molecule has 4 aromatic rings. The standard InChI is InChI=1S/C18H18N4O2.C18H17NO4S.N3.Na/c19-21-20-12-6-5-9-15(18(12)23)22-13-7-1-3-10-16(13)24-17-11-4-2-8-14(17)22;20-24-22-17-11-5-8-14(18(17)23-24)19-12-6-1-3-9-15(12)21-16-10-4-2-7-13(16)19;1-3-2;/h1-4,7-8,10-12,15,18,23H,5-6,9H2;1-4,6-7,9-10,14,17-18H,5,8,11H2;;/q;;-1;+1. The molecule has 2 saturated carbocycles. The van der Waals surface area contributed by atoms with Crippen LogP contribution in [0.1, 0.15) is 38.5 Å². The Balaban J connectivity index is 0.000000163. The van der Waals surface area contributed by atoms with Gasteiger partial charge in [0.2, 0.25) is 0 Å². The number of ether oxygens (including phenoxy) is 2. The molecule has 0 amide bonds. The summed E-state index contributed by atoms with van der Waals surface area (Å²) in [6.45, 7) is 0. The number of hydrogen-bond acceptors (Lipinski definition) is 9. The van der Waals surface area contributed by atoms with Crippen molar-refractivity contribution >= 4 is 34.1 Å². The van der Waals surface area contributed by atoms with Gasteiger partial charge in [-0.2, -0.15) is 4.21 Å². The molecule has 0 aromatic heterocycles. The van der Waals surface area contributed by atoms with Crippen molar-refractivity contribution in [3.63, 3.8) is 0 Å². The Bertz CT molecular complexity index is 1900. The third kappa shape index (κ3) is 7.46. The summed E-state index contributed by atoms with van der Waals surface area (Å²) in [6.07, 6.45) is 4.32. The van der Waals surface area contributed by atoms with E-state index in [9.17, 15) is 9.32 Å². The van der Waals surface area contributed by atoms with Crippen molar-refractivity contribution in [1.82, 2.24) is 0 Å². The molecule has 5 aliphatic rings. The van der Waals surface area contributed by atoms with Gasteiger partial charge in [0, 0.05) is 4.91 Å². The zero-order chi connectivity index (χ0) is 35.3. The fraction of sp³-hybridized carbons (Fsp3) is 0.333. The van der Waals surface area contributed by atoms with Crippen molar-refractivity contribution in [3.05, 3.63) is 123 Å². The molecule has 1 N–H and O–H groups in total. The Hall–Kier alpha value is -4.27. The van der Waals surface area contributed by atoms with Gasteiger partial charge in [-0.05, 0) is 86.2 Å². The van der Waals surface area contributed by atoms with Crippen LogP contribution < -0.4 is 48.8 Å². The SMILES string of the molecule is O=S1OC2CCCC(N3c4ccccc4Oc4ccccc43)C2O1.[N-]=[N+]=NC1CCCC(N2c3ccccc3Oc3ccccc32)C1O.[N-]=[N+]=[N-].[Na+]. The Labute approximate surface area is 325 Å². The topological polar surface area (TPSA) is 188 Å². The van der Waals surface area contributed by atoms with Crippen LogP contribution in [-0.2, 0) is 19.7 Å². The Morgan fingerprint density at radius 3 is 1.56 bits per heavy atom. The van der Waals surface area contributed by atoms with Gasteiger partial charge in [0.1, 0.15) is 12.2 Å². The predicted molar refractivity (Wildman–Crippen MR) is 192 cm³/mol. The van der Waals surface area contributed by atoms with Crippen LogP contribution >= 0.6 is 0 Å². The van der Waals surface area contributed by atoms with Gasteiger partial charge in [-0.25, -0.2) is 0 Å². The average molecular weight is 731 g/mol. The Morgan fingerprint density at radius 2 is 1.08 bits per heavy atom. The van der Waals surface area contributed by atoms with Crippen molar-refractivity contribution < 1.29 is 56.7 Å². The summed E-state index contributed by atoms with van der Waals surface area (Å²) in [4.78, 5) is 8.81. The van der Waals surface area contributed by atoms with E-state index in [1.807, 2.05) is 84.9 Å².